The average molecular weight is 324 g/mol. The highest BCUT2D eigenvalue weighted by molar-refractivity contribution is 5.96. The number of carbonyl (C=O) groups is 2. The molecule has 0 aliphatic heterocycles. The smallest absolute Gasteiger partial charge is 0.319 e. The van der Waals surface area contributed by atoms with Crippen molar-refractivity contribution in [2.24, 2.45) is 5.41 Å². The van der Waals surface area contributed by atoms with Crippen LogP contribution in [-0.4, -0.2) is 22.2 Å². The lowest BCUT2D eigenvalue weighted by atomic mass is 9.54. The van der Waals surface area contributed by atoms with Gasteiger partial charge in [0.2, 0.25) is 0 Å². The molecule has 0 fully saturated rings. The number of hydrogen-bond donors (Lipinski definition) is 2. The summed E-state index contributed by atoms with van der Waals surface area (Å²) in [5, 5.41) is 20.3. The van der Waals surface area contributed by atoms with E-state index in [0.717, 1.165) is 0 Å². The van der Waals surface area contributed by atoms with Crippen molar-refractivity contribution in [1.82, 2.24) is 0 Å². The zero-order valence-electron chi connectivity index (χ0n) is 13.9. The molecule has 2 aromatic rings. The third-order valence-electron chi connectivity index (χ3n) is 6.01. The standard InChI is InChI=1S/C20H20O4/c1-18(2)19(3,16(21)22)14-11-7-8-12-15(14)20(18,17(23)24)13-9-5-4-6-10-13/h4-12H,1-3H3,(H,21,22)(H,23,24). The third kappa shape index (κ3) is 1.58. The predicted octanol–water partition coefficient (Wildman–Crippen LogP) is 3.44. The quantitative estimate of drug-likeness (QED) is 0.907. The topological polar surface area (TPSA) is 74.6 Å². The van der Waals surface area contributed by atoms with Crippen molar-refractivity contribution in [3.8, 4) is 0 Å². The first kappa shape index (κ1) is 16.2. The van der Waals surface area contributed by atoms with Gasteiger partial charge in [0.1, 0.15) is 5.41 Å². The zero-order valence-corrected chi connectivity index (χ0v) is 13.9. The lowest BCUT2D eigenvalue weighted by Gasteiger charge is -2.45. The molecule has 3 rings (SSSR count). The Labute approximate surface area is 140 Å². The Morgan fingerprint density at radius 3 is 1.75 bits per heavy atom. The van der Waals surface area contributed by atoms with Gasteiger partial charge < -0.3 is 10.2 Å². The van der Waals surface area contributed by atoms with Crippen molar-refractivity contribution in [3.05, 3.63) is 71.3 Å². The van der Waals surface area contributed by atoms with E-state index in [1.54, 1.807) is 69.3 Å². The van der Waals surface area contributed by atoms with Crippen LogP contribution in [0.1, 0.15) is 37.5 Å². The van der Waals surface area contributed by atoms with Gasteiger partial charge in [-0.2, -0.15) is 0 Å². The van der Waals surface area contributed by atoms with Gasteiger partial charge in [0, 0.05) is 5.41 Å². The van der Waals surface area contributed by atoms with Crippen molar-refractivity contribution in [1.29, 1.82) is 0 Å². The van der Waals surface area contributed by atoms with Crippen LogP contribution in [0, 0.1) is 5.41 Å². The minimum absolute atomic E-state index is 0.554. The molecular weight excluding hydrogens is 304 g/mol. The molecule has 0 radical (unpaired) electrons. The Morgan fingerprint density at radius 1 is 0.750 bits per heavy atom. The maximum Gasteiger partial charge on any atom is 0.319 e. The van der Waals surface area contributed by atoms with Gasteiger partial charge >= 0.3 is 11.9 Å². The van der Waals surface area contributed by atoms with Crippen LogP contribution in [0.3, 0.4) is 0 Å². The molecule has 2 unspecified atom stereocenters. The average Bonchev–Trinajstić information content (AvgIpc) is 2.71. The highest BCUT2D eigenvalue weighted by Crippen LogP contribution is 2.64. The molecule has 0 saturated heterocycles. The fraction of sp³-hybridized carbons (Fsp3) is 0.300. The van der Waals surface area contributed by atoms with E-state index in [2.05, 4.69) is 0 Å². The molecule has 0 saturated carbocycles. The summed E-state index contributed by atoms with van der Waals surface area (Å²) in [4.78, 5) is 24.9. The van der Waals surface area contributed by atoms with Crippen LogP contribution in [0.15, 0.2) is 54.6 Å². The van der Waals surface area contributed by atoms with Crippen molar-refractivity contribution in [2.75, 3.05) is 0 Å². The molecule has 0 bridgehead atoms. The second-order valence-corrected chi connectivity index (χ2v) is 7.02. The maximum atomic E-state index is 12.6. The molecule has 2 N–H and O–H groups in total. The van der Waals surface area contributed by atoms with Crippen LogP contribution >= 0.6 is 0 Å². The monoisotopic (exact) mass is 324 g/mol. The fourth-order valence-electron chi connectivity index (χ4n) is 4.39. The minimum atomic E-state index is -1.43. The molecule has 1 aliphatic rings. The summed E-state index contributed by atoms with van der Waals surface area (Å²) in [6.07, 6.45) is 0. The van der Waals surface area contributed by atoms with E-state index in [-0.39, 0.29) is 0 Å². The molecule has 2 aromatic carbocycles. The first-order chi connectivity index (χ1) is 11.2. The third-order valence-corrected chi connectivity index (χ3v) is 6.01. The zero-order chi connectivity index (χ0) is 17.8. The summed E-state index contributed by atoms with van der Waals surface area (Å²) in [5.41, 5.74) is -2.12. The summed E-state index contributed by atoms with van der Waals surface area (Å²) in [7, 11) is 0. The van der Waals surface area contributed by atoms with Gasteiger partial charge in [-0.15, -0.1) is 0 Å². The second kappa shape index (κ2) is 4.94. The van der Waals surface area contributed by atoms with Gasteiger partial charge in [0.25, 0.3) is 0 Å². The largest absolute Gasteiger partial charge is 0.481 e. The number of rotatable bonds is 3. The second-order valence-electron chi connectivity index (χ2n) is 7.02. The number of hydrogen-bond acceptors (Lipinski definition) is 2. The summed E-state index contributed by atoms with van der Waals surface area (Å²) in [5.74, 6) is -2.05. The van der Waals surface area contributed by atoms with E-state index in [9.17, 15) is 19.8 Å². The van der Waals surface area contributed by atoms with E-state index < -0.39 is 28.2 Å². The van der Waals surface area contributed by atoms with Gasteiger partial charge in [0.05, 0.1) is 5.41 Å². The molecule has 0 heterocycles. The number of carboxylic acid groups (broad SMARTS) is 2. The summed E-state index contributed by atoms with van der Waals surface area (Å²) >= 11 is 0. The van der Waals surface area contributed by atoms with Crippen LogP contribution in [0.2, 0.25) is 0 Å². The summed E-state index contributed by atoms with van der Waals surface area (Å²) in [6.45, 7) is 5.10. The van der Waals surface area contributed by atoms with Gasteiger partial charge in [0.15, 0.2) is 0 Å². The van der Waals surface area contributed by atoms with Crippen LogP contribution < -0.4 is 0 Å². The molecule has 24 heavy (non-hydrogen) atoms. The molecule has 4 nitrogen and oxygen atoms in total. The van der Waals surface area contributed by atoms with Gasteiger partial charge in [-0.3, -0.25) is 9.59 Å². The fourth-order valence-corrected chi connectivity index (χ4v) is 4.39. The summed E-state index contributed by atoms with van der Waals surface area (Å²) in [6, 6.07) is 15.9. The van der Waals surface area contributed by atoms with E-state index in [0.29, 0.717) is 16.7 Å². The first-order valence-electron chi connectivity index (χ1n) is 7.84. The van der Waals surface area contributed by atoms with Crippen LogP contribution in [-0.2, 0) is 20.4 Å². The first-order valence-corrected chi connectivity index (χ1v) is 7.84. The molecule has 2 atom stereocenters. The highest BCUT2D eigenvalue weighted by atomic mass is 16.4. The molecule has 0 spiro atoms. The number of aliphatic carboxylic acids is 2. The van der Waals surface area contributed by atoms with E-state index in [1.807, 2.05) is 6.07 Å². The number of carboxylic acids is 2. The normalized spacial score (nSPS) is 27.5. The van der Waals surface area contributed by atoms with Gasteiger partial charge in [-0.25, -0.2) is 0 Å². The Morgan fingerprint density at radius 2 is 1.25 bits per heavy atom. The molecule has 1 aliphatic carbocycles. The molecular formula is C20H20O4. The van der Waals surface area contributed by atoms with Crippen molar-refractivity contribution >= 4 is 11.9 Å². The molecule has 0 aromatic heterocycles. The Bertz CT molecular complexity index is 825. The summed E-state index contributed by atoms with van der Waals surface area (Å²) < 4.78 is 0. The van der Waals surface area contributed by atoms with Crippen LogP contribution in [0.5, 0.6) is 0 Å². The number of fused-ring (bicyclic) bond motifs is 1. The highest BCUT2D eigenvalue weighted by Gasteiger charge is 2.70. The molecule has 4 heteroatoms. The maximum absolute atomic E-state index is 12.6. The molecule has 124 valence electrons. The Hall–Kier alpha value is -2.62. The Kier molecular flexibility index (Phi) is 3.34. The van der Waals surface area contributed by atoms with Gasteiger partial charge in [-0.1, -0.05) is 68.4 Å². The number of benzene rings is 2. The lowest BCUT2D eigenvalue weighted by Crippen LogP contribution is -2.55. The van der Waals surface area contributed by atoms with Crippen molar-refractivity contribution in [3.63, 3.8) is 0 Å². The molecule has 0 amide bonds. The van der Waals surface area contributed by atoms with Crippen LogP contribution in [0.25, 0.3) is 0 Å². The van der Waals surface area contributed by atoms with Gasteiger partial charge in [-0.05, 0) is 23.6 Å². The van der Waals surface area contributed by atoms with E-state index in [1.165, 1.54) is 0 Å². The van der Waals surface area contributed by atoms with E-state index >= 15 is 0 Å². The Balaban J connectivity index is 2.51. The van der Waals surface area contributed by atoms with Crippen molar-refractivity contribution in [2.45, 2.75) is 31.6 Å². The minimum Gasteiger partial charge on any atom is -0.481 e. The predicted molar refractivity (Wildman–Crippen MR) is 90.1 cm³/mol. The lowest BCUT2D eigenvalue weighted by molar-refractivity contribution is -0.154. The van der Waals surface area contributed by atoms with Crippen molar-refractivity contribution < 1.29 is 19.8 Å². The van der Waals surface area contributed by atoms with Crippen LogP contribution in [0.4, 0.5) is 0 Å². The van der Waals surface area contributed by atoms with E-state index in [4.69, 9.17) is 0 Å². The SMILES string of the molecule is CC1(C(=O)O)c2ccccc2C(C(=O)O)(c2ccccc2)C1(C)C.